The van der Waals surface area contributed by atoms with E-state index in [1.165, 1.54) is 6.42 Å². The van der Waals surface area contributed by atoms with Gasteiger partial charge in [-0.15, -0.1) is 0 Å². The summed E-state index contributed by atoms with van der Waals surface area (Å²) in [5, 5.41) is 8.67. The lowest BCUT2D eigenvalue weighted by molar-refractivity contribution is -0.163. The standard InChI is InChI=1S/C11H23NO3/c1-12(6-4-8-13)7-10-15-11-5-2-3-9-14-11/h11,13H,2-10H2,1H3/t11-/m0/s1. The molecule has 1 atom stereocenters. The highest BCUT2D eigenvalue weighted by Gasteiger charge is 2.13. The topological polar surface area (TPSA) is 41.9 Å². The first kappa shape index (κ1) is 12.9. The Kier molecular flexibility index (Phi) is 6.92. The zero-order chi connectivity index (χ0) is 10.9. The van der Waals surface area contributed by atoms with Crippen LogP contribution in [-0.2, 0) is 9.47 Å². The average molecular weight is 217 g/mol. The molecule has 0 unspecified atom stereocenters. The Morgan fingerprint density at radius 2 is 2.27 bits per heavy atom. The van der Waals surface area contributed by atoms with Gasteiger partial charge in [-0.05, 0) is 32.7 Å². The second kappa shape index (κ2) is 8.05. The van der Waals surface area contributed by atoms with Crippen LogP contribution in [0.15, 0.2) is 0 Å². The minimum absolute atomic E-state index is 0.0185. The Morgan fingerprint density at radius 1 is 1.40 bits per heavy atom. The molecule has 0 bridgehead atoms. The van der Waals surface area contributed by atoms with Crippen LogP contribution in [-0.4, -0.2) is 56.3 Å². The van der Waals surface area contributed by atoms with Crippen molar-refractivity contribution >= 4 is 0 Å². The smallest absolute Gasteiger partial charge is 0.157 e. The second-order valence-corrected chi connectivity index (χ2v) is 4.05. The maximum atomic E-state index is 8.67. The molecule has 4 nitrogen and oxygen atoms in total. The predicted octanol–water partition coefficient (Wildman–Crippen LogP) is 0.844. The Hall–Kier alpha value is -0.160. The van der Waals surface area contributed by atoms with Gasteiger partial charge in [-0.2, -0.15) is 0 Å². The van der Waals surface area contributed by atoms with Crippen molar-refractivity contribution in [3.05, 3.63) is 0 Å². The molecule has 1 heterocycles. The van der Waals surface area contributed by atoms with Crippen molar-refractivity contribution < 1.29 is 14.6 Å². The van der Waals surface area contributed by atoms with Gasteiger partial charge in [0.25, 0.3) is 0 Å². The van der Waals surface area contributed by atoms with E-state index < -0.39 is 0 Å². The lowest BCUT2D eigenvalue weighted by atomic mass is 10.2. The number of aliphatic hydroxyl groups is 1. The molecular weight excluding hydrogens is 194 g/mol. The van der Waals surface area contributed by atoms with Gasteiger partial charge in [0.05, 0.1) is 6.61 Å². The van der Waals surface area contributed by atoms with Gasteiger partial charge in [0, 0.05) is 26.3 Å². The van der Waals surface area contributed by atoms with Crippen LogP contribution in [0.3, 0.4) is 0 Å². The van der Waals surface area contributed by atoms with Gasteiger partial charge in [0.2, 0.25) is 0 Å². The summed E-state index contributed by atoms with van der Waals surface area (Å²) in [5.41, 5.74) is 0. The van der Waals surface area contributed by atoms with Gasteiger partial charge in [0.1, 0.15) is 0 Å². The zero-order valence-electron chi connectivity index (χ0n) is 9.65. The summed E-state index contributed by atoms with van der Waals surface area (Å²) in [6, 6.07) is 0. The molecule has 1 N–H and O–H groups in total. The Balaban J connectivity index is 1.94. The van der Waals surface area contributed by atoms with Crippen LogP contribution in [0.5, 0.6) is 0 Å². The van der Waals surface area contributed by atoms with Gasteiger partial charge in [-0.1, -0.05) is 0 Å². The molecule has 1 fully saturated rings. The summed E-state index contributed by atoms with van der Waals surface area (Å²) >= 11 is 0. The summed E-state index contributed by atoms with van der Waals surface area (Å²) in [4.78, 5) is 2.17. The van der Waals surface area contributed by atoms with E-state index in [-0.39, 0.29) is 12.9 Å². The van der Waals surface area contributed by atoms with E-state index in [1.807, 2.05) is 7.05 Å². The van der Waals surface area contributed by atoms with E-state index in [2.05, 4.69) is 4.90 Å². The predicted molar refractivity (Wildman–Crippen MR) is 58.7 cm³/mol. The molecule has 4 heteroatoms. The molecule has 1 aliphatic rings. The van der Waals surface area contributed by atoms with Crippen LogP contribution >= 0.6 is 0 Å². The molecule has 1 rings (SSSR count). The monoisotopic (exact) mass is 217 g/mol. The molecule has 0 spiro atoms. The fourth-order valence-corrected chi connectivity index (χ4v) is 1.64. The van der Waals surface area contributed by atoms with Crippen molar-refractivity contribution in [1.82, 2.24) is 4.90 Å². The number of hydrogen-bond donors (Lipinski definition) is 1. The van der Waals surface area contributed by atoms with Crippen molar-refractivity contribution in [3.8, 4) is 0 Å². The third kappa shape index (κ3) is 6.10. The highest BCUT2D eigenvalue weighted by atomic mass is 16.7. The first-order chi connectivity index (χ1) is 7.33. The van der Waals surface area contributed by atoms with Crippen LogP contribution in [0.4, 0.5) is 0 Å². The quantitative estimate of drug-likeness (QED) is 0.686. The maximum absolute atomic E-state index is 8.67. The van der Waals surface area contributed by atoms with Crippen molar-refractivity contribution in [2.75, 3.05) is 40.0 Å². The zero-order valence-corrected chi connectivity index (χ0v) is 9.65. The van der Waals surface area contributed by atoms with Gasteiger partial charge in [-0.25, -0.2) is 0 Å². The summed E-state index contributed by atoms with van der Waals surface area (Å²) in [6.07, 6.45) is 4.25. The molecular formula is C11H23NO3. The minimum Gasteiger partial charge on any atom is -0.396 e. The van der Waals surface area contributed by atoms with E-state index in [0.29, 0.717) is 6.61 Å². The van der Waals surface area contributed by atoms with Crippen molar-refractivity contribution in [3.63, 3.8) is 0 Å². The van der Waals surface area contributed by atoms with E-state index in [0.717, 1.165) is 39.0 Å². The fraction of sp³-hybridized carbons (Fsp3) is 1.00. The molecule has 0 aliphatic carbocycles. The van der Waals surface area contributed by atoms with E-state index >= 15 is 0 Å². The Labute approximate surface area is 92.2 Å². The Morgan fingerprint density at radius 3 is 2.93 bits per heavy atom. The van der Waals surface area contributed by atoms with Gasteiger partial charge in [0.15, 0.2) is 6.29 Å². The molecule has 15 heavy (non-hydrogen) atoms. The average Bonchev–Trinajstić information content (AvgIpc) is 2.28. The van der Waals surface area contributed by atoms with Crippen LogP contribution in [0.2, 0.25) is 0 Å². The number of likely N-dealkylation sites (N-methyl/N-ethyl adjacent to an activating group) is 1. The highest BCUT2D eigenvalue weighted by molar-refractivity contribution is 4.55. The lowest BCUT2D eigenvalue weighted by Crippen LogP contribution is -2.29. The van der Waals surface area contributed by atoms with E-state index in [9.17, 15) is 0 Å². The van der Waals surface area contributed by atoms with Gasteiger partial charge >= 0.3 is 0 Å². The molecule has 0 aromatic carbocycles. The third-order valence-electron chi connectivity index (χ3n) is 2.61. The van der Waals surface area contributed by atoms with Crippen LogP contribution < -0.4 is 0 Å². The second-order valence-electron chi connectivity index (χ2n) is 4.05. The third-order valence-corrected chi connectivity index (χ3v) is 2.61. The van der Waals surface area contributed by atoms with Gasteiger partial charge in [-0.3, -0.25) is 0 Å². The van der Waals surface area contributed by atoms with Crippen LogP contribution in [0.25, 0.3) is 0 Å². The molecule has 0 aromatic rings. The number of nitrogens with zero attached hydrogens (tertiary/aromatic N) is 1. The van der Waals surface area contributed by atoms with Gasteiger partial charge < -0.3 is 19.5 Å². The normalized spacial score (nSPS) is 22.2. The summed E-state index contributed by atoms with van der Waals surface area (Å²) in [7, 11) is 2.04. The molecule has 1 aliphatic heterocycles. The summed E-state index contributed by atoms with van der Waals surface area (Å²) < 4.78 is 11.1. The molecule has 0 aromatic heterocycles. The first-order valence-corrected chi connectivity index (χ1v) is 5.85. The number of hydrogen-bond acceptors (Lipinski definition) is 4. The number of rotatable bonds is 7. The van der Waals surface area contributed by atoms with Crippen LogP contribution in [0.1, 0.15) is 25.7 Å². The molecule has 1 saturated heterocycles. The molecule has 0 saturated carbocycles. The van der Waals surface area contributed by atoms with E-state index in [4.69, 9.17) is 14.6 Å². The number of ether oxygens (including phenoxy) is 2. The SMILES string of the molecule is CN(CCCO)CCO[C@H]1CCCCO1. The maximum Gasteiger partial charge on any atom is 0.157 e. The largest absolute Gasteiger partial charge is 0.396 e. The van der Waals surface area contributed by atoms with Crippen molar-refractivity contribution in [1.29, 1.82) is 0 Å². The lowest BCUT2D eigenvalue weighted by Gasteiger charge is -2.24. The molecule has 90 valence electrons. The molecule has 0 radical (unpaired) electrons. The summed E-state index contributed by atoms with van der Waals surface area (Å²) in [5.74, 6) is 0. The van der Waals surface area contributed by atoms with E-state index in [1.54, 1.807) is 0 Å². The minimum atomic E-state index is 0.0185. The number of aliphatic hydroxyl groups excluding tert-OH is 1. The molecule has 0 amide bonds. The van der Waals surface area contributed by atoms with Crippen molar-refractivity contribution in [2.45, 2.75) is 32.0 Å². The summed E-state index contributed by atoms with van der Waals surface area (Å²) in [6.45, 7) is 3.64. The fourth-order valence-electron chi connectivity index (χ4n) is 1.64. The van der Waals surface area contributed by atoms with Crippen molar-refractivity contribution in [2.24, 2.45) is 0 Å². The highest BCUT2D eigenvalue weighted by Crippen LogP contribution is 2.13. The Bertz CT molecular complexity index is 149. The first-order valence-electron chi connectivity index (χ1n) is 5.85. The van der Waals surface area contributed by atoms with Crippen LogP contribution in [0, 0.1) is 0 Å².